The predicted octanol–water partition coefficient (Wildman–Crippen LogP) is 1.75. The van der Waals surface area contributed by atoms with Crippen LogP contribution in [0, 0.1) is 0 Å². The lowest BCUT2D eigenvalue weighted by Crippen LogP contribution is -2.31. The van der Waals surface area contributed by atoms with Crippen molar-refractivity contribution < 1.29 is 9.59 Å². The van der Waals surface area contributed by atoms with Gasteiger partial charge < -0.3 is 4.90 Å². The van der Waals surface area contributed by atoms with Gasteiger partial charge in [0.25, 0.3) is 0 Å². The van der Waals surface area contributed by atoms with Crippen LogP contribution in [0.4, 0.5) is 4.79 Å². The summed E-state index contributed by atoms with van der Waals surface area (Å²) in [6, 6.07) is 3.70. The molecule has 1 N–H and O–H groups in total. The van der Waals surface area contributed by atoms with Gasteiger partial charge in [0.15, 0.2) is 0 Å². The van der Waals surface area contributed by atoms with Crippen LogP contribution in [-0.2, 0) is 4.79 Å². The van der Waals surface area contributed by atoms with Crippen LogP contribution in [-0.4, -0.2) is 23.4 Å². The third kappa shape index (κ3) is 1.87. The molecule has 5 heteroatoms. The Labute approximate surface area is 91.9 Å². The lowest BCUT2D eigenvalue weighted by atomic mass is 10.1. The first-order chi connectivity index (χ1) is 7.22. The van der Waals surface area contributed by atoms with E-state index in [2.05, 4.69) is 5.32 Å². The minimum Gasteiger partial charge on any atom is -0.307 e. The van der Waals surface area contributed by atoms with Crippen molar-refractivity contribution in [2.45, 2.75) is 19.4 Å². The molecule has 0 aliphatic carbocycles. The van der Waals surface area contributed by atoms with Crippen molar-refractivity contribution in [1.29, 1.82) is 0 Å². The lowest BCUT2D eigenvalue weighted by molar-refractivity contribution is -0.118. The number of hydrogen-bond acceptors (Lipinski definition) is 3. The molecular weight excluding hydrogens is 212 g/mol. The van der Waals surface area contributed by atoms with Gasteiger partial charge in [-0.3, -0.25) is 10.1 Å². The van der Waals surface area contributed by atoms with Crippen LogP contribution in [0.15, 0.2) is 17.5 Å². The maximum absolute atomic E-state index is 11.5. The number of thiophene rings is 1. The fraction of sp³-hybridized carbons (Fsp3) is 0.400. The average Bonchev–Trinajstić information content (AvgIpc) is 2.79. The molecule has 2 heterocycles. The zero-order chi connectivity index (χ0) is 10.8. The van der Waals surface area contributed by atoms with Crippen molar-refractivity contribution in [3.63, 3.8) is 0 Å². The second kappa shape index (κ2) is 4.02. The highest BCUT2D eigenvalue weighted by Crippen LogP contribution is 2.28. The van der Waals surface area contributed by atoms with Crippen molar-refractivity contribution in [2.75, 3.05) is 6.54 Å². The molecule has 1 aliphatic heterocycles. The molecule has 1 aromatic heterocycles. The molecule has 0 saturated carbocycles. The Morgan fingerprint density at radius 3 is 2.87 bits per heavy atom. The van der Waals surface area contributed by atoms with Gasteiger partial charge in [-0.05, 0) is 17.9 Å². The number of urea groups is 1. The van der Waals surface area contributed by atoms with Gasteiger partial charge in [0, 0.05) is 4.88 Å². The molecule has 80 valence electrons. The molecule has 0 bridgehead atoms. The smallest absolute Gasteiger partial charge is 0.307 e. The summed E-state index contributed by atoms with van der Waals surface area (Å²) in [7, 11) is 0. The summed E-state index contributed by atoms with van der Waals surface area (Å²) >= 11 is 1.61. The van der Waals surface area contributed by atoms with Gasteiger partial charge in [-0.2, -0.15) is 0 Å². The van der Waals surface area contributed by atoms with E-state index in [-0.39, 0.29) is 24.5 Å². The summed E-state index contributed by atoms with van der Waals surface area (Å²) in [6.07, 6.45) is 0.821. The molecule has 2 rings (SSSR count). The minimum absolute atomic E-state index is 0.0245. The molecule has 1 fully saturated rings. The van der Waals surface area contributed by atoms with Gasteiger partial charge in [-0.15, -0.1) is 11.3 Å². The number of hydrogen-bond donors (Lipinski definition) is 1. The second-order valence-electron chi connectivity index (χ2n) is 3.42. The Balaban J connectivity index is 2.21. The zero-order valence-corrected chi connectivity index (χ0v) is 9.21. The highest BCUT2D eigenvalue weighted by Gasteiger charge is 2.32. The average molecular weight is 224 g/mol. The summed E-state index contributed by atoms with van der Waals surface area (Å²) in [6.45, 7) is 2.19. The van der Waals surface area contributed by atoms with E-state index in [1.54, 1.807) is 16.2 Å². The maximum Gasteiger partial charge on any atom is 0.325 e. The largest absolute Gasteiger partial charge is 0.325 e. The van der Waals surface area contributed by atoms with Crippen LogP contribution in [0.3, 0.4) is 0 Å². The van der Waals surface area contributed by atoms with Gasteiger partial charge in [0.2, 0.25) is 5.91 Å². The van der Waals surface area contributed by atoms with Crippen molar-refractivity contribution in [1.82, 2.24) is 10.2 Å². The molecule has 1 saturated heterocycles. The molecule has 0 radical (unpaired) electrons. The van der Waals surface area contributed by atoms with Gasteiger partial charge in [-0.1, -0.05) is 13.0 Å². The van der Waals surface area contributed by atoms with E-state index >= 15 is 0 Å². The molecule has 0 spiro atoms. The lowest BCUT2D eigenvalue weighted by Gasteiger charge is -2.23. The predicted molar refractivity (Wildman–Crippen MR) is 57.6 cm³/mol. The first-order valence-electron chi connectivity index (χ1n) is 4.86. The van der Waals surface area contributed by atoms with E-state index < -0.39 is 0 Å². The van der Waals surface area contributed by atoms with Crippen molar-refractivity contribution in [3.8, 4) is 0 Å². The van der Waals surface area contributed by atoms with Crippen molar-refractivity contribution >= 4 is 23.3 Å². The molecule has 1 unspecified atom stereocenters. The van der Waals surface area contributed by atoms with Gasteiger partial charge in [-0.25, -0.2) is 4.79 Å². The number of amides is 3. The number of nitrogens with one attached hydrogen (secondary N) is 1. The second-order valence-corrected chi connectivity index (χ2v) is 4.40. The van der Waals surface area contributed by atoms with Gasteiger partial charge in [0.05, 0.1) is 6.04 Å². The SMILES string of the molecule is CCC(c1cccs1)N1CC(=O)NC1=O. The molecule has 15 heavy (non-hydrogen) atoms. The Morgan fingerprint density at radius 1 is 1.60 bits per heavy atom. The Kier molecular flexibility index (Phi) is 2.73. The van der Waals surface area contributed by atoms with Crippen LogP contribution < -0.4 is 5.32 Å². The van der Waals surface area contributed by atoms with Crippen LogP contribution in [0.25, 0.3) is 0 Å². The Bertz CT molecular complexity index is 375. The Morgan fingerprint density at radius 2 is 2.40 bits per heavy atom. The third-order valence-electron chi connectivity index (χ3n) is 2.46. The number of nitrogens with zero attached hydrogens (tertiary/aromatic N) is 1. The van der Waals surface area contributed by atoms with Crippen LogP contribution >= 0.6 is 11.3 Å². The topological polar surface area (TPSA) is 49.4 Å². The molecule has 3 amide bonds. The fourth-order valence-electron chi connectivity index (χ4n) is 1.76. The number of carbonyl (C=O) groups excluding carboxylic acids is 2. The van der Waals surface area contributed by atoms with E-state index in [1.165, 1.54) is 0 Å². The van der Waals surface area contributed by atoms with Crippen LogP contribution in [0.1, 0.15) is 24.3 Å². The standard InChI is InChI=1S/C10H12N2O2S/c1-2-7(8-4-3-5-15-8)12-6-9(13)11-10(12)14/h3-5,7H,2,6H2,1H3,(H,11,13,14). The molecule has 4 nitrogen and oxygen atoms in total. The minimum atomic E-state index is -0.278. The number of carbonyl (C=O) groups is 2. The summed E-state index contributed by atoms with van der Waals surface area (Å²) < 4.78 is 0. The van der Waals surface area contributed by atoms with Gasteiger partial charge >= 0.3 is 6.03 Å². The van der Waals surface area contributed by atoms with Crippen LogP contribution in [0.5, 0.6) is 0 Å². The molecule has 1 aromatic rings. The van der Waals surface area contributed by atoms with E-state index in [4.69, 9.17) is 0 Å². The molecule has 0 aromatic carbocycles. The van der Waals surface area contributed by atoms with E-state index in [9.17, 15) is 9.59 Å². The normalized spacial score (nSPS) is 18.1. The van der Waals surface area contributed by atoms with Crippen LogP contribution in [0.2, 0.25) is 0 Å². The highest BCUT2D eigenvalue weighted by molar-refractivity contribution is 7.10. The third-order valence-corrected chi connectivity index (χ3v) is 3.43. The summed E-state index contributed by atoms with van der Waals surface area (Å²) in [5.41, 5.74) is 0. The summed E-state index contributed by atoms with van der Waals surface area (Å²) in [4.78, 5) is 25.3. The zero-order valence-electron chi connectivity index (χ0n) is 8.40. The first-order valence-corrected chi connectivity index (χ1v) is 5.74. The van der Waals surface area contributed by atoms with E-state index in [0.717, 1.165) is 11.3 Å². The fourth-order valence-corrected chi connectivity index (χ4v) is 2.69. The van der Waals surface area contributed by atoms with Crippen molar-refractivity contribution in [3.05, 3.63) is 22.4 Å². The highest BCUT2D eigenvalue weighted by atomic mass is 32.1. The molecule has 1 atom stereocenters. The van der Waals surface area contributed by atoms with Crippen molar-refractivity contribution in [2.24, 2.45) is 0 Å². The number of imide groups is 1. The quantitative estimate of drug-likeness (QED) is 0.795. The van der Waals surface area contributed by atoms with E-state index in [1.807, 2.05) is 24.4 Å². The maximum atomic E-state index is 11.5. The monoisotopic (exact) mass is 224 g/mol. The summed E-state index contributed by atoms with van der Waals surface area (Å²) in [5.74, 6) is -0.213. The Hall–Kier alpha value is -1.36. The number of rotatable bonds is 3. The summed E-state index contributed by atoms with van der Waals surface area (Å²) in [5, 5.41) is 4.28. The molecular formula is C10H12N2O2S. The molecule has 1 aliphatic rings. The van der Waals surface area contributed by atoms with E-state index in [0.29, 0.717) is 0 Å². The van der Waals surface area contributed by atoms with Gasteiger partial charge in [0.1, 0.15) is 6.54 Å². The first kappa shape index (κ1) is 10.2.